The number of rotatable bonds is 6. The van der Waals surface area contributed by atoms with Crippen LogP contribution in [0.3, 0.4) is 0 Å². The zero-order chi connectivity index (χ0) is 12.0. The van der Waals surface area contributed by atoms with E-state index in [2.05, 4.69) is 0 Å². The Morgan fingerprint density at radius 2 is 1.81 bits per heavy atom. The molecule has 0 amide bonds. The minimum atomic E-state index is 0.0802. The average molecular weight is 222 g/mol. The Hall–Kier alpha value is -1.06. The van der Waals surface area contributed by atoms with Crippen LogP contribution in [0.2, 0.25) is 0 Å². The van der Waals surface area contributed by atoms with E-state index in [0.717, 1.165) is 24.2 Å². The molecule has 0 aliphatic rings. The van der Waals surface area contributed by atoms with Gasteiger partial charge in [-0.05, 0) is 50.9 Å². The van der Waals surface area contributed by atoms with E-state index in [1.165, 1.54) is 0 Å². The van der Waals surface area contributed by atoms with Crippen LogP contribution in [0.5, 0.6) is 5.75 Å². The molecule has 3 nitrogen and oxygen atoms in total. The van der Waals surface area contributed by atoms with E-state index in [1.807, 2.05) is 38.1 Å². The third kappa shape index (κ3) is 4.21. The molecule has 0 aliphatic heterocycles. The Bertz CT molecular complexity index is 295. The second-order valence-electron chi connectivity index (χ2n) is 4.27. The quantitative estimate of drug-likeness (QED) is 0.775. The molecular weight excluding hydrogens is 200 g/mol. The lowest BCUT2D eigenvalue weighted by molar-refractivity contribution is 0.242. The summed E-state index contributed by atoms with van der Waals surface area (Å²) in [5, 5.41) is 0. The van der Waals surface area contributed by atoms with Crippen LogP contribution in [-0.4, -0.2) is 12.6 Å². The van der Waals surface area contributed by atoms with Crippen molar-refractivity contribution in [1.82, 2.24) is 0 Å². The van der Waals surface area contributed by atoms with E-state index in [4.69, 9.17) is 16.2 Å². The topological polar surface area (TPSA) is 61.3 Å². The number of nitrogens with two attached hydrogens (primary N) is 2. The summed E-state index contributed by atoms with van der Waals surface area (Å²) in [6.45, 7) is 4.73. The van der Waals surface area contributed by atoms with Crippen LogP contribution < -0.4 is 16.2 Å². The van der Waals surface area contributed by atoms with Crippen molar-refractivity contribution in [1.29, 1.82) is 0 Å². The smallest absolute Gasteiger partial charge is 0.119 e. The lowest BCUT2D eigenvalue weighted by atomic mass is 10.0. The van der Waals surface area contributed by atoms with Gasteiger partial charge in [0.15, 0.2) is 0 Å². The molecule has 3 heteroatoms. The van der Waals surface area contributed by atoms with Gasteiger partial charge in [0.25, 0.3) is 0 Å². The molecule has 1 aromatic carbocycles. The fourth-order valence-corrected chi connectivity index (χ4v) is 1.57. The first-order valence-electron chi connectivity index (χ1n) is 5.85. The van der Waals surface area contributed by atoms with Gasteiger partial charge in [0, 0.05) is 6.04 Å². The summed E-state index contributed by atoms with van der Waals surface area (Å²) in [5.41, 5.74) is 12.6. The molecule has 0 radical (unpaired) electrons. The fraction of sp³-hybridized carbons (Fsp3) is 0.538. The highest BCUT2D eigenvalue weighted by Gasteiger charge is 2.05. The molecule has 0 heterocycles. The van der Waals surface area contributed by atoms with Crippen molar-refractivity contribution in [2.45, 2.75) is 38.8 Å². The van der Waals surface area contributed by atoms with Gasteiger partial charge in [0.05, 0.1) is 6.10 Å². The van der Waals surface area contributed by atoms with Crippen molar-refractivity contribution in [3.63, 3.8) is 0 Å². The molecule has 1 rings (SSSR count). The highest BCUT2D eigenvalue weighted by Crippen LogP contribution is 2.19. The van der Waals surface area contributed by atoms with E-state index in [1.54, 1.807) is 0 Å². The lowest BCUT2D eigenvalue weighted by Gasteiger charge is -2.13. The first kappa shape index (κ1) is 13.0. The zero-order valence-corrected chi connectivity index (χ0v) is 10.1. The Balaban J connectivity index is 2.56. The fourth-order valence-electron chi connectivity index (χ4n) is 1.57. The minimum absolute atomic E-state index is 0.0802. The van der Waals surface area contributed by atoms with E-state index >= 15 is 0 Å². The van der Waals surface area contributed by atoms with Gasteiger partial charge >= 0.3 is 0 Å². The molecule has 16 heavy (non-hydrogen) atoms. The lowest BCUT2D eigenvalue weighted by Crippen LogP contribution is -2.12. The average Bonchev–Trinajstić information content (AvgIpc) is 2.26. The van der Waals surface area contributed by atoms with E-state index < -0.39 is 0 Å². The third-order valence-corrected chi connectivity index (χ3v) is 2.40. The number of benzene rings is 1. The summed E-state index contributed by atoms with van der Waals surface area (Å²) in [4.78, 5) is 0. The van der Waals surface area contributed by atoms with Crippen molar-refractivity contribution >= 4 is 0 Å². The molecule has 0 fully saturated rings. The van der Waals surface area contributed by atoms with Crippen LogP contribution in [0.15, 0.2) is 24.3 Å². The predicted molar refractivity (Wildman–Crippen MR) is 67.4 cm³/mol. The molecule has 0 saturated carbocycles. The molecule has 0 saturated heterocycles. The minimum Gasteiger partial charge on any atom is -0.491 e. The Labute approximate surface area is 97.8 Å². The number of hydrogen-bond acceptors (Lipinski definition) is 3. The van der Waals surface area contributed by atoms with Crippen molar-refractivity contribution in [2.24, 2.45) is 11.5 Å². The van der Waals surface area contributed by atoms with Crippen LogP contribution in [0.1, 0.15) is 38.3 Å². The second-order valence-corrected chi connectivity index (χ2v) is 4.27. The predicted octanol–water partition coefficient (Wildman–Crippen LogP) is 2.21. The number of ether oxygens (including phenoxy) is 1. The summed E-state index contributed by atoms with van der Waals surface area (Å²) in [6.07, 6.45) is 2.10. The van der Waals surface area contributed by atoms with Crippen LogP contribution in [-0.2, 0) is 0 Å². The summed E-state index contributed by atoms with van der Waals surface area (Å²) < 4.78 is 5.57. The summed E-state index contributed by atoms with van der Waals surface area (Å²) in [6, 6.07) is 8.07. The normalized spacial score (nSPS) is 12.8. The van der Waals surface area contributed by atoms with Gasteiger partial charge < -0.3 is 16.2 Å². The molecule has 0 aliphatic carbocycles. The molecule has 0 bridgehead atoms. The van der Waals surface area contributed by atoms with Crippen LogP contribution in [0.25, 0.3) is 0 Å². The van der Waals surface area contributed by atoms with E-state index in [9.17, 15) is 0 Å². The molecule has 4 N–H and O–H groups in total. The van der Waals surface area contributed by atoms with E-state index in [0.29, 0.717) is 6.54 Å². The highest BCUT2D eigenvalue weighted by atomic mass is 16.5. The summed E-state index contributed by atoms with van der Waals surface area (Å²) in [5.74, 6) is 0.893. The van der Waals surface area contributed by atoms with Gasteiger partial charge in [-0.15, -0.1) is 0 Å². The Morgan fingerprint density at radius 1 is 1.19 bits per heavy atom. The molecule has 1 aromatic rings. The standard InChI is InChI=1S/C13H22N2O/c1-10(2)16-12-7-5-11(6-8-12)13(15)4-3-9-14/h5-8,10,13H,3-4,9,14-15H2,1-2H3/t13-/m0/s1. The summed E-state index contributed by atoms with van der Waals surface area (Å²) in [7, 11) is 0. The van der Waals surface area contributed by atoms with Crippen LogP contribution in [0.4, 0.5) is 0 Å². The van der Waals surface area contributed by atoms with Crippen molar-refractivity contribution in [3.8, 4) is 5.75 Å². The molecule has 0 spiro atoms. The van der Waals surface area contributed by atoms with Gasteiger partial charge in [-0.3, -0.25) is 0 Å². The largest absolute Gasteiger partial charge is 0.491 e. The maximum absolute atomic E-state index is 6.04. The number of hydrogen-bond donors (Lipinski definition) is 2. The molecule has 0 unspecified atom stereocenters. The van der Waals surface area contributed by atoms with Crippen molar-refractivity contribution < 1.29 is 4.74 Å². The summed E-state index contributed by atoms with van der Waals surface area (Å²) >= 11 is 0. The van der Waals surface area contributed by atoms with Crippen LogP contribution >= 0.6 is 0 Å². The second kappa shape index (κ2) is 6.51. The van der Waals surface area contributed by atoms with Gasteiger partial charge in [0.1, 0.15) is 5.75 Å². The maximum atomic E-state index is 6.04. The van der Waals surface area contributed by atoms with E-state index in [-0.39, 0.29) is 12.1 Å². The molecule has 0 aromatic heterocycles. The van der Waals surface area contributed by atoms with Gasteiger partial charge in [-0.25, -0.2) is 0 Å². The van der Waals surface area contributed by atoms with Gasteiger partial charge in [-0.2, -0.15) is 0 Å². The first-order valence-corrected chi connectivity index (χ1v) is 5.85. The molecular formula is C13H22N2O. The van der Waals surface area contributed by atoms with Gasteiger partial charge in [0.2, 0.25) is 0 Å². The van der Waals surface area contributed by atoms with Gasteiger partial charge in [-0.1, -0.05) is 12.1 Å². The van der Waals surface area contributed by atoms with Crippen molar-refractivity contribution in [3.05, 3.63) is 29.8 Å². The van der Waals surface area contributed by atoms with Crippen LogP contribution in [0, 0.1) is 0 Å². The maximum Gasteiger partial charge on any atom is 0.119 e. The third-order valence-electron chi connectivity index (χ3n) is 2.40. The highest BCUT2D eigenvalue weighted by molar-refractivity contribution is 5.29. The SMILES string of the molecule is CC(C)Oc1ccc([C@@H](N)CCCN)cc1. The van der Waals surface area contributed by atoms with Crippen molar-refractivity contribution in [2.75, 3.05) is 6.54 Å². The Kier molecular flexibility index (Phi) is 5.29. The zero-order valence-electron chi connectivity index (χ0n) is 10.1. The molecule has 90 valence electrons. The Morgan fingerprint density at radius 3 is 2.31 bits per heavy atom. The first-order chi connectivity index (χ1) is 7.63. The monoisotopic (exact) mass is 222 g/mol. The molecule has 1 atom stereocenters.